The predicted octanol–water partition coefficient (Wildman–Crippen LogP) is -0.330. The molecule has 3 aliphatic rings. The molecule has 0 aromatic carbocycles. The largest absolute Gasteiger partial charge is 0.390 e. The lowest BCUT2D eigenvalue weighted by molar-refractivity contribution is -0.287. The van der Waals surface area contributed by atoms with Gasteiger partial charge in [-0.25, -0.2) is 0 Å². The van der Waals surface area contributed by atoms with Gasteiger partial charge in [0.1, 0.15) is 23.4 Å². The highest BCUT2D eigenvalue weighted by molar-refractivity contribution is 5.12. The first-order valence-electron chi connectivity index (χ1n) is 7.42. The average Bonchev–Trinajstić information content (AvgIpc) is 2.76. The minimum absolute atomic E-state index is 0.0627. The Balaban J connectivity index is 1.85. The lowest BCUT2D eigenvalue weighted by Crippen LogP contribution is -2.70. The van der Waals surface area contributed by atoms with E-state index in [2.05, 4.69) is 0 Å². The summed E-state index contributed by atoms with van der Waals surface area (Å²) in [6.07, 6.45) is 0.919. The number of aliphatic hydroxyl groups excluding tert-OH is 3. The van der Waals surface area contributed by atoms with E-state index in [1.807, 2.05) is 0 Å². The molecule has 2 aliphatic carbocycles. The van der Waals surface area contributed by atoms with Gasteiger partial charge in [-0.2, -0.15) is 0 Å². The highest BCUT2D eigenvalue weighted by Gasteiger charge is 2.64. The zero-order valence-electron chi connectivity index (χ0n) is 11.8. The molecule has 3 rings (SSSR count). The van der Waals surface area contributed by atoms with Gasteiger partial charge in [-0.3, -0.25) is 0 Å². The Morgan fingerprint density at radius 2 is 1.70 bits per heavy atom. The van der Waals surface area contributed by atoms with Gasteiger partial charge in [-0.1, -0.05) is 6.42 Å². The van der Waals surface area contributed by atoms with Gasteiger partial charge in [0.2, 0.25) is 0 Å². The minimum atomic E-state index is -1.82. The molecular weight excluding hydrogens is 264 g/mol. The fourth-order valence-corrected chi connectivity index (χ4v) is 3.92. The molecule has 0 amide bonds. The van der Waals surface area contributed by atoms with Crippen LogP contribution in [-0.2, 0) is 9.47 Å². The van der Waals surface area contributed by atoms with Crippen molar-refractivity contribution in [3.05, 3.63) is 0 Å². The van der Waals surface area contributed by atoms with Crippen molar-refractivity contribution in [3.8, 4) is 0 Å². The fraction of sp³-hybridized carbons (Fsp3) is 1.00. The van der Waals surface area contributed by atoms with Crippen LogP contribution in [0.1, 0.15) is 45.4 Å². The summed E-state index contributed by atoms with van der Waals surface area (Å²) in [6, 6.07) is 0. The van der Waals surface area contributed by atoms with E-state index < -0.39 is 35.3 Å². The molecule has 0 radical (unpaired) electrons. The van der Waals surface area contributed by atoms with E-state index in [4.69, 9.17) is 9.47 Å². The molecular formula is C14H24O6. The molecule has 1 saturated heterocycles. The molecule has 3 fully saturated rings. The first kappa shape index (κ1) is 14.7. The van der Waals surface area contributed by atoms with Crippen LogP contribution in [0.25, 0.3) is 0 Å². The number of hydrogen-bond donors (Lipinski definition) is 4. The van der Waals surface area contributed by atoms with Crippen molar-refractivity contribution in [3.63, 3.8) is 0 Å². The van der Waals surface area contributed by atoms with Crippen molar-refractivity contribution in [2.45, 2.75) is 80.7 Å². The average molecular weight is 288 g/mol. The Morgan fingerprint density at radius 3 is 2.35 bits per heavy atom. The number of aliphatic hydroxyl groups is 4. The third-order valence-electron chi connectivity index (χ3n) is 5.15. The van der Waals surface area contributed by atoms with Gasteiger partial charge in [-0.15, -0.1) is 0 Å². The maximum atomic E-state index is 10.5. The first-order valence-corrected chi connectivity index (χ1v) is 7.42. The quantitative estimate of drug-likeness (QED) is 0.487. The van der Waals surface area contributed by atoms with Gasteiger partial charge < -0.3 is 29.9 Å². The molecule has 4 N–H and O–H groups in total. The van der Waals surface area contributed by atoms with Gasteiger partial charge in [0.05, 0.1) is 12.7 Å². The highest BCUT2D eigenvalue weighted by atomic mass is 16.8. The lowest BCUT2D eigenvalue weighted by Gasteiger charge is -2.50. The fourth-order valence-electron chi connectivity index (χ4n) is 3.92. The van der Waals surface area contributed by atoms with E-state index in [1.165, 1.54) is 6.92 Å². The smallest absolute Gasteiger partial charge is 0.169 e. The second-order valence-corrected chi connectivity index (χ2v) is 6.77. The summed E-state index contributed by atoms with van der Waals surface area (Å²) in [7, 11) is 0. The molecule has 5 atom stereocenters. The maximum Gasteiger partial charge on any atom is 0.169 e. The SMILES string of the molecule is CC1(O)C(O)C(O)CC2(COC3(CCCCC3)O2)C1O. The van der Waals surface area contributed by atoms with Gasteiger partial charge in [0.15, 0.2) is 5.79 Å². The number of rotatable bonds is 0. The predicted molar refractivity (Wildman–Crippen MR) is 68.8 cm³/mol. The van der Waals surface area contributed by atoms with Gasteiger partial charge in [-0.05, 0) is 19.8 Å². The molecule has 6 heteroatoms. The summed E-state index contributed by atoms with van der Waals surface area (Å²) in [5.74, 6) is -0.697. The van der Waals surface area contributed by atoms with E-state index >= 15 is 0 Å². The first-order chi connectivity index (χ1) is 9.31. The lowest BCUT2D eigenvalue weighted by atomic mass is 9.70. The van der Waals surface area contributed by atoms with Crippen molar-refractivity contribution >= 4 is 0 Å². The number of hydrogen-bond acceptors (Lipinski definition) is 6. The number of ether oxygens (including phenoxy) is 2. The van der Waals surface area contributed by atoms with E-state index in [0.29, 0.717) is 0 Å². The molecule has 6 nitrogen and oxygen atoms in total. The third kappa shape index (κ3) is 2.01. The second-order valence-electron chi connectivity index (χ2n) is 6.77. The Bertz CT molecular complexity index is 378. The minimum Gasteiger partial charge on any atom is -0.390 e. The molecule has 0 aromatic heterocycles. The van der Waals surface area contributed by atoms with E-state index in [9.17, 15) is 20.4 Å². The summed E-state index contributed by atoms with van der Waals surface area (Å²) in [5.41, 5.74) is -2.96. The molecule has 116 valence electrons. The molecule has 5 unspecified atom stereocenters. The topological polar surface area (TPSA) is 99.4 Å². The van der Waals surface area contributed by atoms with Crippen LogP contribution in [0.2, 0.25) is 0 Å². The Hall–Kier alpha value is -0.240. The van der Waals surface area contributed by atoms with E-state index in [0.717, 1.165) is 32.1 Å². The van der Waals surface area contributed by atoms with Crippen molar-refractivity contribution in [2.24, 2.45) is 0 Å². The summed E-state index contributed by atoms with van der Waals surface area (Å²) in [5, 5.41) is 40.6. The monoisotopic (exact) mass is 288 g/mol. The summed E-state index contributed by atoms with van der Waals surface area (Å²) >= 11 is 0. The van der Waals surface area contributed by atoms with Crippen molar-refractivity contribution in [1.82, 2.24) is 0 Å². The molecule has 2 saturated carbocycles. The van der Waals surface area contributed by atoms with Crippen molar-refractivity contribution in [2.75, 3.05) is 6.61 Å². The second kappa shape index (κ2) is 4.63. The maximum absolute atomic E-state index is 10.5. The third-order valence-corrected chi connectivity index (χ3v) is 5.15. The molecule has 1 heterocycles. The van der Waals surface area contributed by atoms with Gasteiger partial charge >= 0.3 is 0 Å². The van der Waals surface area contributed by atoms with E-state index in [-0.39, 0.29) is 13.0 Å². The zero-order valence-corrected chi connectivity index (χ0v) is 11.8. The van der Waals surface area contributed by atoms with Crippen LogP contribution in [-0.4, -0.2) is 62.3 Å². The molecule has 1 aliphatic heterocycles. The Labute approximate surface area is 118 Å². The van der Waals surface area contributed by atoms with Crippen LogP contribution in [0.5, 0.6) is 0 Å². The molecule has 0 aromatic rings. The molecule has 0 bridgehead atoms. The standard InChI is InChI=1S/C14H24O6/c1-12(18)10(16)9(15)7-13(11(12)17)8-19-14(20-13)5-3-2-4-6-14/h9-11,15-18H,2-8H2,1H3. The van der Waals surface area contributed by atoms with Crippen LogP contribution in [0.15, 0.2) is 0 Å². The zero-order chi connectivity index (χ0) is 14.6. The normalized spacial score (nSPS) is 51.8. The van der Waals surface area contributed by atoms with Crippen molar-refractivity contribution < 1.29 is 29.9 Å². The van der Waals surface area contributed by atoms with Crippen LogP contribution in [0.3, 0.4) is 0 Å². The summed E-state index contributed by atoms with van der Waals surface area (Å²) in [4.78, 5) is 0. The van der Waals surface area contributed by atoms with Crippen LogP contribution < -0.4 is 0 Å². The van der Waals surface area contributed by atoms with Crippen LogP contribution in [0, 0.1) is 0 Å². The van der Waals surface area contributed by atoms with Crippen LogP contribution in [0.4, 0.5) is 0 Å². The van der Waals surface area contributed by atoms with E-state index in [1.54, 1.807) is 0 Å². The van der Waals surface area contributed by atoms with Crippen molar-refractivity contribution in [1.29, 1.82) is 0 Å². The Morgan fingerprint density at radius 1 is 1.05 bits per heavy atom. The van der Waals surface area contributed by atoms with Gasteiger partial charge in [0, 0.05) is 19.3 Å². The van der Waals surface area contributed by atoms with Crippen LogP contribution >= 0.6 is 0 Å². The highest BCUT2D eigenvalue weighted by Crippen LogP contribution is 2.49. The molecule has 20 heavy (non-hydrogen) atoms. The van der Waals surface area contributed by atoms with Gasteiger partial charge in [0.25, 0.3) is 0 Å². The Kier molecular flexibility index (Phi) is 3.40. The summed E-state index contributed by atoms with van der Waals surface area (Å²) < 4.78 is 11.9. The molecule has 2 spiro atoms. The summed E-state index contributed by atoms with van der Waals surface area (Å²) in [6.45, 7) is 1.45.